The summed E-state index contributed by atoms with van der Waals surface area (Å²) in [6.07, 6.45) is 1.87. The van der Waals surface area contributed by atoms with Gasteiger partial charge < -0.3 is 9.87 Å². The third-order valence-corrected chi connectivity index (χ3v) is 4.06. The Labute approximate surface area is 123 Å². The molecule has 1 N–H and O–H groups in total. The Kier molecular flexibility index (Phi) is 4.89. The van der Waals surface area contributed by atoms with E-state index in [4.69, 9.17) is 5.26 Å². The lowest BCUT2D eigenvalue weighted by atomic mass is 10.2. The predicted octanol–water partition coefficient (Wildman–Crippen LogP) is 1.61. The van der Waals surface area contributed by atoms with Crippen molar-refractivity contribution < 1.29 is 8.76 Å². The number of anilines is 1. The maximum atomic E-state index is 10.8. The van der Waals surface area contributed by atoms with Crippen molar-refractivity contribution in [2.24, 2.45) is 15.9 Å². The maximum Gasteiger partial charge on any atom is 0.223 e. The molecular weight excluding hydrogens is 296 g/mol. The van der Waals surface area contributed by atoms with Crippen molar-refractivity contribution in [2.45, 2.75) is 4.90 Å². The molecule has 0 aromatic heterocycles. The van der Waals surface area contributed by atoms with E-state index in [1.807, 2.05) is 6.26 Å². The maximum absolute atomic E-state index is 10.8. The lowest BCUT2D eigenvalue weighted by Crippen LogP contribution is -2.24. The molecular formula is C12H11N4O2S2-. The molecule has 1 aromatic carbocycles. The Morgan fingerprint density at radius 3 is 2.75 bits per heavy atom. The molecule has 2 unspecified atom stereocenters. The first-order valence-corrected chi connectivity index (χ1v) is 7.97. The summed E-state index contributed by atoms with van der Waals surface area (Å²) >= 11 is -0.808. The summed E-state index contributed by atoms with van der Waals surface area (Å²) in [4.78, 5) is 8.69. The second-order valence-corrected chi connectivity index (χ2v) is 5.65. The smallest absolute Gasteiger partial charge is 0.223 e. The molecule has 2 atom stereocenters. The zero-order valence-corrected chi connectivity index (χ0v) is 12.2. The molecule has 0 radical (unpaired) electrons. The first-order chi connectivity index (χ1) is 9.63. The third-order valence-electron chi connectivity index (χ3n) is 2.61. The van der Waals surface area contributed by atoms with Gasteiger partial charge in [0.25, 0.3) is 0 Å². The Bertz CT molecular complexity index is 619. The number of nitrogens with one attached hydrogen (secondary N) is 1. The van der Waals surface area contributed by atoms with Gasteiger partial charge in [-0.15, -0.1) is 11.8 Å². The van der Waals surface area contributed by atoms with Crippen LogP contribution < -0.4 is 5.32 Å². The molecule has 8 heteroatoms. The van der Waals surface area contributed by atoms with E-state index in [-0.39, 0.29) is 10.8 Å². The summed E-state index contributed by atoms with van der Waals surface area (Å²) in [6, 6.07) is 8.41. The molecule has 0 bridgehead atoms. The highest BCUT2D eigenvalue weighted by Crippen LogP contribution is 2.17. The monoisotopic (exact) mass is 307 g/mol. The molecule has 1 aliphatic rings. The highest BCUT2D eigenvalue weighted by Gasteiger charge is 2.19. The largest absolute Gasteiger partial charge is 0.768 e. The van der Waals surface area contributed by atoms with Crippen LogP contribution >= 0.6 is 11.8 Å². The Hall–Kier alpha value is -1.69. The number of nitriles is 1. The highest BCUT2D eigenvalue weighted by atomic mass is 32.2. The minimum absolute atomic E-state index is 0.221. The molecule has 0 spiro atoms. The second-order valence-electron chi connectivity index (χ2n) is 3.88. The molecule has 0 amide bonds. The quantitative estimate of drug-likeness (QED) is 0.836. The standard InChI is InChI=1S/C12H12N4O2S2/c1-19-11-8(6-13)7-14-12(16-11)15-9-2-4-10(5-3-9)20(17)18/h2-5,8H,7H2,1H3,(H,14,15)(H,17,18)/p-1. The fourth-order valence-electron chi connectivity index (χ4n) is 1.60. The number of hydrogen-bond acceptors (Lipinski definition) is 7. The van der Waals surface area contributed by atoms with Crippen LogP contribution in [0.5, 0.6) is 0 Å². The first-order valence-electron chi connectivity index (χ1n) is 5.67. The fourth-order valence-corrected chi connectivity index (χ4v) is 2.55. The van der Waals surface area contributed by atoms with E-state index < -0.39 is 11.1 Å². The van der Waals surface area contributed by atoms with Gasteiger partial charge in [0.2, 0.25) is 5.96 Å². The molecule has 0 saturated carbocycles. The normalized spacial score (nSPS) is 19.6. The molecule has 2 rings (SSSR count). The van der Waals surface area contributed by atoms with Gasteiger partial charge >= 0.3 is 0 Å². The van der Waals surface area contributed by atoms with Crippen LogP contribution in [0.25, 0.3) is 0 Å². The topological polar surface area (TPSA) is 101 Å². The summed E-state index contributed by atoms with van der Waals surface area (Å²) in [5.41, 5.74) is 0.692. The Morgan fingerprint density at radius 1 is 1.50 bits per heavy atom. The van der Waals surface area contributed by atoms with Gasteiger partial charge in [-0.3, -0.25) is 4.21 Å². The molecule has 0 fully saturated rings. The number of benzene rings is 1. The zero-order chi connectivity index (χ0) is 14.5. The molecule has 6 nitrogen and oxygen atoms in total. The van der Waals surface area contributed by atoms with Gasteiger partial charge in [-0.05, 0) is 41.6 Å². The van der Waals surface area contributed by atoms with Crippen molar-refractivity contribution in [1.29, 1.82) is 5.26 Å². The lowest BCUT2D eigenvalue weighted by molar-refractivity contribution is 0.537. The summed E-state index contributed by atoms with van der Waals surface area (Å²) in [5, 5.41) is 12.7. The number of hydrogen-bond donors (Lipinski definition) is 1. The second kappa shape index (κ2) is 6.65. The number of rotatable bonds is 2. The molecule has 104 valence electrons. The van der Waals surface area contributed by atoms with Crippen LogP contribution in [-0.2, 0) is 11.1 Å². The first kappa shape index (κ1) is 14.7. The molecule has 0 aliphatic carbocycles. The van der Waals surface area contributed by atoms with Crippen LogP contribution in [0.2, 0.25) is 0 Å². The average Bonchev–Trinajstić information content (AvgIpc) is 2.47. The average molecular weight is 307 g/mol. The van der Waals surface area contributed by atoms with E-state index in [2.05, 4.69) is 21.4 Å². The Balaban J connectivity index is 2.11. The van der Waals surface area contributed by atoms with Crippen molar-refractivity contribution in [2.75, 3.05) is 18.1 Å². The minimum Gasteiger partial charge on any atom is -0.768 e. The third kappa shape index (κ3) is 3.45. The number of thioether (sulfide) groups is 1. The van der Waals surface area contributed by atoms with Gasteiger partial charge in [0, 0.05) is 10.6 Å². The number of nitrogens with zero attached hydrogens (tertiary/aromatic N) is 3. The van der Waals surface area contributed by atoms with Crippen LogP contribution in [0.3, 0.4) is 0 Å². The van der Waals surface area contributed by atoms with Crippen LogP contribution in [0.4, 0.5) is 5.69 Å². The van der Waals surface area contributed by atoms with Gasteiger partial charge in [-0.1, -0.05) is 0 Å². The summed E-state index contributed by atoms with van der Waals surface area (Å²) in [6.45, 7) is 0.376. The molecule has 1 heterocycles. The van der Waals surface area contributed by atoms with Gasteiger partial charge in [0.05, 0.1) is 17.7 Å². The van der Waals surface area contributed by atoms with Crippen LogP contribution in [0, 0.1) is 17.2 Å². The van der Waals surface area contributed by atoms with Crippen LogP contribution in [-0.4, -0.2) is 32.6 Å². The highest BCUT2D eigenvalue weighted by molar-refractivity contribution is 8.13. The lowest BCUT2D eigenvalue weighted by Gasteiger charge is -2.16. The van der Waals surface area contributed by atoms with E-state index in [0.29, 0.717) is 18.2 Å². The van der Waals surface area contributed by atoms with E-state index in [1.165, 1.54) is 23.9 Å². The van der Waals surface area contributed by atoms with Crippen molar-refractivity contribution in [1.82, 2.24) is 0 Å². The van der Waals surface area contributed by atoms with Gasteiger partial charge in [-0.25, -0.2) is 9.98 Å². The van der Waals surface area contributed by atoms with Gasteiger partial charge in [0.1, 0.15) is 5.92 Å². The van der Waals surface area contributed by atoms with Gasteiger partial charge in [0.15, 0.2) is 0 Å². The van der Waals surface area contributed by atoms with Crippen LogP contribution in [0.1, 0.15) is 0 Å². The van der Waals surface area contributed by atoms with E-state index in [1.54, 1.807) is 12.1 Å². The van der Waals surface area contributed by atoms with E-state index in [0.717, 1.165) is 5.04 Å². The van der Waals surface area contributed by atoms with Gasteiger partial charge in [-0.2, -0.15) is 5.26 Å². The number of guanidine groups is 1. The van der Waals surface area contributed by atoms with E-state index in [9.17, 15) is 8.76 Å². The summed E-state index contributed by atoms with van der Waals surface area (Å²) in [7, 11) is 0. The zero-order valence-electron chi connectivity index (χ0n) is 10.6. The molecule has 1 aliphatic heterocycles. The molecule has 20 heavy (non-hydrogen) atoms. The fraction of sp³-hybridized carbons (Fsp3) is 0.250. The predicted molar refractivity (Wildman–Crippen MR) is 79.6 cm³/mol. The summed E-state index contributed by atoms with van der Waals surface area (Å²) < 4.78 is 21.5. The van der Waals surface area contributed by atoms with Crippen molar-refractivity contribution in [3.63, 3.8) is 0 Å². The van der Waals surface area contributed by atoms with Crippen molar-refractivity contribution >= 4 is 39.5 Å². The molecule has 1 aromatic rings. The number of aliphatic imine (C=N–C) groups is 2. The minimum atomic E-state index is -2.23. The van der Waals surface area contributed by atoms with E-state index >= 15 is 0 Å². The summed E-state index contributed by atoms with van der Waals surface area (Å²) in [5.74, 6) is 0.137. The van der Waals surface area contributed by atoms with Crippen molar-refractivity contribution in [3.8, 4) is 6.07 Å². The van der Waals surface area contributed by atoms with Crippen molar-refractivity contribution in [3.05, 3.63) is 24.3 Å². The van der Waals surface area contributed by atoms with Crippen LogP contribution in [0.15, 0.2) is 39.1 Å². The molecule has 0 saturated heterocycles. The Morgan fingerprint density at radius 2 is 2.20 bits per heavy atom. The SMILES string of the molecule is CSC1=NC(Nc2ccc(S(=O)[O-])cc2)=NCC1C#N.